The van der Waals surface area contributed by atoms with E-state index in [1.54, 1.807) is 18.2 Å². The number of nitrogens with one attached hydrogen (secondary N) is 1. The molecule has 0 spiro atoms. The van der Waals surface area contributed by atoms with Gasteiger partial charge in [0.25, 0.3) is 5.56 Å². The minimum Gasteiger partial charge on any atom is -0.493 e. The molecule has 0 aliphatic rings. The number of ether oxygens (including phenoxy) is 2. The van der Waals surface area contributed by atoms with Crippen molar-refractivity contribution in [3.63, 3.8) is 0 Å². The fraction of sp³-hybridized carbons (Fsp3) is 0.167. The minimum atomic E-state index is -0.342. The van der Waals surface area contributed by atoms with Crippen LogP contribution < -0.4 is 15.0 Å². The average molecular weight is 267 g/mol. The van der Waals surface area contributed by atoms with Crippen molar-refractivity contribution in [3.8, 4) is 22.6 Å². The summed E-state index contributed by atoms with van der Waals surface area (Å²) in [6, 6.07) is 6.75. The fourth-order valence-corrected chi connectivity index (χ4v) is 1.83. The van der Waals surface area contributed by atoms with Crippen LogP contribution in [0, 0.1) is 0 Å². The van der Waals surface area contributed by atoms with Crippen LogP contribution in [0.5, 0.6) is 11.5 Å². The van der Waals surface area contributed by atoms with Gasteiger partial charge in [-0.1, -0.05) is 23.7 Å². The largest absolute Gasteiger partial charge is 0.493 e. The van der Waals surface area contributed by atoms with E-state index >= 15 is 0 Å². The molecule has 6 heteroatoms. The van der Waals surface area contributed by atoms with Crippen LogP contribution in [0.1, 0.15) is 0 Å². The zero-order chi connectivity index (χ0) is 13.1. The van der Waals surface area contributed by atoms with E-state index in [9.17, 15) is 4.79 Å². The Balaban J connectivity index is 2.71. The highest BCUT2D eigenvalue weighted by Gasteiger charge is 2.14. The third-order valence-electron chi connectivity index (χ3n) is 2.47. The summed E-state index contributed by atoms with van der Waals surface area (Å²) in [5, 5.41) is 6.14. The topological polar surface area (TPSA) is 64.2 Å². The lowest BCUT2D eigenvalue weighted by Gasteiger charge is -2.11. The molecule has 0 bridgehead atoms. The SMILES string of the molecule is COc1cccc(-c2cc(Cl)n[nH]c2=O)c1OC. The highest BCUT2D eigenvalue weighted by molar-refractivity contribution is 6.29. The van der Waals surface area contributed by atoms with Crippen molar-refractivity contribution in [2.45, 2.75) is 0 Å². The second kappa shape index (κ2) is 5.10. The monoisotopic (exact) mass is 266 g/mol. The zero-order valence-electron chi connectivity index (χ0n) is 9.86. The lowest BCUT2D eigenvalue weighted by Crippen LogP contribution is -2.11. The van der Waals surface area contributed by atoms with Crippen molar-refractivity contribution in [3.05, 3.63) is 39.8 Å². The van der Waals surface area contributed by atoms with Crippen LogP contribution in [0.25, 0.3) is 11.1 Å². The Kier molecular flexibility index (Phi) is 3.53. The normalized spacial score (nSPS) is 10.2. The number of benzene rings is 1. The van der Waals surface area contributed by atoms with Gasteiger partial charge in [-0.3, -0.25) is 4.79 Å². The summed E-state index contributed by atoms with van der Waals surface area (Å²) in [6.07, 6.45) is 0. The van der Waals surface area contributed by atoms with E-state index in [0.29, 0.717) is 22.6 Å². The molecule has 18 heavy (non-hydrogen) atoms. The van der Waals surface area contributed by atoms with Crippen molar-refractivity contribution in [1.29, 1.82) is 0 Å². The molecule has 0 saturated heterocycles. The summed E-state index contributed by atoms with van der Waals surface area (Å²) in [4.78, 5) is 11.8. The number of aromatic amines is 1. The lowest BCUT2D eigenvalue weighted by molar-refractivity contribution is 0.356. The van der Waals surface area contributed by atoms with Crippen molar-refractivity contribution in [2.75, 3.05) is 14.2 Å². The van der Waals surface area contributed by atoms with Gasteiger partial charge in [0, 0.05) is 5.56 Å². The van der Waals surface area contributed by atoms with Gasteiger partial charge in [-0.2, -0.15) is 5.10 Å². The predicted octanol–water partition coefficient (Wildman–Crippen LogP) is 2.11. The summed E-state index contributed by atoms with van der Waals surface area (Å²) in [6.45, 7) is 0. The molecule has 1 aromatic heterocycles. The molecule has 0 unspecified atom stereocenters. The van der Waals surface area contributed by atoms with Crippen LogP contribution in [-0.4, -0.2) is 24.4 Å². The number of H-pyrrole nitrogens is 1. The third kappa shape index (κ3) is 2.17. The smallest absolute Gasteiger partial charge is 0.272 e. The van der Waals surface area contributed by atoms with Gasteiger partial charge in [0.2, 0.25) is 0 Å². The number of para-hydroxylation sites is 1. The maximum absolute atomic E-state index is 11.8. The van der Waals surface area contributed by atoms with Gasteiger partial charge in [0.1, 0.15) is 5.15 Å². The molecule has 0 aliphatic heterocycles. The number of hydrogen-bond donors (Lipinski definition) is 1. The van der Waals surface area contributed by atoms with Crippen molar-refractivity contribution in [2.24, 2.45) is 0 Å². The highest BCUT2D eigenvalue weighted by atomic mass is 35.5. The highest BCUT2D eigenvalue weighted by Crippen LogP contribution is 2.36. The lowest BCUT2D eigenvalue weighted by atomic mass is 10.1. The number of nitrogens with zero attached hydrogens (tertiary/aromatic N) is 1. The Hall–Kier alpha value is -2.01. The van der Waals surface area contributed by atoms with E-state index in [4.69, 9.17) is 21.1 Å². The summed E-state index contributed by atoms with van der Waals surface area (Å²) in [7, 11) is 3.05. The first-order valence-corrected chi connectivity index (χ1v) is 5.51. The minimum absolute atomic E-state index is 0.203. The molecule has 2 rings (SSSR count). The van der Waals surface area contributed by atoms with Gasteiger partial charge in [0.05, 0.1) is 19.8 Å². The molecule has 0 aliphatic carbocycles. The second-order valence-electron chi connectivity index (χ2n) is 3.47. The Bertz CT molecular complexity index is 625. The number of methoxy groups -OCH3 is 2. The summed E-state index contributed by atoms with van der Waals surface area (Å²) in [5.74, 6) is 1.02. The molecule has 0 atom stereocenters. The van der Waals surface area contributed by atoms with Crippen LogP contribution >= 0.6 is 11.6 Å². The zero-order valence-corrected chi connectivity index (χ0v) is 10.6. The first-order chi connectivity index (χ1) is 8.67. The standard InChI is InChI=1S/C12H11ClN2O3/c1-17-9-5-3-4-7(11(9)18-2)8-6-10(13)14-15-12(8)16/h3-6H,1-2H3,(H,15,16). The van der Waals surface area contributed by atoms with Gasteiger partial charge in [0.15, 0.2) is 11.5 Å². The molecule has 94 valence electrons. The molecule has 5 nitrogen and oxygen atoms in total. The molecule has 1 heterocycles. The van der Waals surface area contributed by atoms with Crippen LogP contribution in [0.15, 0.2) is 29.1 Å². The van der Waals surface area contributed by atoms with Crippen LogP contribution in [0.2, 0.25) is 5.15 Å². The van der Waals surface area contributed by atoms with E-state index in [1.165, 1.54) is 20.3 Å². The molecule has 1 N–H and O–H groups in total. The Morgan fingerprint density at radius 3 is 2.67 bits per heavy atom. The Morgan fingerprint density at radius 1 is 1.22 bits per heavy atom. The molecular formula is C12H11ClN2O3. The molecule has 1 aromatic carbocycles. The Morgan fingerprint density at radius 2 is 2.00 bits per heavy atom. The predicted molar refractivity (Wildman–Crippen MR) is 68.4 cm³/mol. The molecule has 0 saturated carbocycles. The second-order valence-corrected chi connectivity index (χ2v) is 3.86. The van der Waals surface area contributed by atoms with E-state index in [-0.39, 0.29) is 10.7 Å². The third-order valence-corrected chi connectivity index (χ3v) is 2.66. The molecule has 0 fully saturated rings. The first-order valence-electron chi connectivity index (χ1n) is 5.14. The van der Waals surface area contributed by atoms with Crippen LogP contribution in [0.4, 0.5) is 0 Å². The molecule has 0 radical (unpaired) electrons. The number of halogens is 1. The summed E-state index contributed by atoms with van der Waals surface area (Å²) in [5.41, 5.74) is 0.638. The van der Waals surface area contributed by atoms with Gasteiger partial charge < -0.3 is 9.47 Å². The number of rotatable bonds is 3. The van der Waals surface area contributed by atoms with Crippen LogP contribution in [-0.2, 0) is 0 Å². The van der Waals surface area contributed by atoms with E-state index in [0.717, 1.165) is 0 Å². The quantitative estimate of drug-likeness (QED) is 0.924. The maximum Gasteiger partial charge on any atom is 0.272 e. The molecule has 2 aromatic rings. The van der Waals surface area contributed by atoms with Crippen LogP contribution in [0.3, 0.4) is 0 Å². The first kappa shape index (κ1) is 12.4. The summed E-state index contributed by atoms with van der Waals surface area (Å²) >= 11 is 5.78. The van der Waals surface area contributed by atoms with Crippen molar-refractivity contribution >= 4 is 11.6 Å². The van der Waals surface area contributed by atoms with E-state index < -0.39 is 0 Å². The maximum atomic E-state index is 11.8. The Labute approximate surface area is 108 Å². The van der Waals surface area contributed by atoms with Crippen molar-refractivity contribution < 1.29 is 9.47 Å². The fourth-order valence-electron chi connectivity index (χ4n) is 1.68. The average Bonchev–Trinajstić information content (AvgIpc) is 2.40. The number of aromatic nitrogens is 2. The molecule has 0 amide bonds. The van der Waals surface area contributed by atoms with Gasteiger partial charge >= 0.3 is 0 Å². The van der Waals surface area contributed by atoms with Gasteiger partial charge in [-0.05, 0) is 12.1 Å². The number of hydrogen-bond acceptors (Lipinski definition) is 4. The van der Waals surface area contributed by atoms with Gasteiger partial charge in [-0.25, -0.2) is 5.10 Å². The van der Waals surface area contributed by atoms with Gasteiger partial charge in [-0.15, -0.1) is 0 Å². The van der Waals surface area contributed by atoms with Crippen molar-refractivity contribution in [1.82, 2.24) is 10.2 Å². The van der Waals surface area contributed by atoms with E-state index in [1.807, 2.05) is 0 Å². The summed E-state index contributed by atoms with van der Waals surface area (Å²) < 4.78 is 10.5. The van der Waals surface area contributed by atoms with E-state index in [2.05, 4.69) is 10.2 Å². The molecular weight excluding hydrogens is 256 g/mol.